The van der Waals surface area contributed by atoms with Crippen molar-refractivity contribution in [1.82, 2.24) is 15.1 Å². The fourth-order valence-corrected chi connectivity index (χ4v) is 4.63. The molecule has 5 nitrogen and oxygen atoms in total. The molecular weight excluding hydrogens is 296 g/mol. The summed E-state index contributed by atoms with van der Waals surface area (Å²) in [5, 5.41) is 13.9. The highest BCUT2D eigenvalue weighted by molar-refractivity contribution is 7.99. The van der Waals surface area contributed by atoms with Crippen LogP contribution in [0.3, 0.4) is 0 Å². The molecule has 6 heteroatoms. The predicted octanol–water partition coefficient (Wildman–Crippen LogP) is 1.24. The molecule has 2 aliphatic rings. The zero-order chi connectivity index (χ0) is 16.0. The van der Waals surface area contributed by atoms with E-state index < -0.39 is 5.60 Å². The van der Waals surface area contributed by atoms with E-state index in [-0.39, 0.29) is 0 Å². The van der Waals surface area contributed by atoms with Crippen molar-refractivity contribution in [2.75, 3.05) is 50.8 Å². The van der Waals surface area contributed by atoms with E-state index >= 15 is 0 Å². The van der Waals surface area contributed by atoms with Crippen molar-refractivity contribution in [2.45, 2.75) is 45.3 Å². The van der Waals surface area contributed by atoms with Gasteiger partial charge in [-0.25, -0.2) is 0 Å². The minimum atomic E-state index is -0.594. The number of nitrogens with zero attached hydrogens (tertiary/aromatic N) is 3. The molecule has 2 heterocycles. The smallest absolute Gasteiger partial charge is 0.194 e. The Morgan fingerprint density at radius 2 is 2.18 bits per heavy atom. The van der Waals surface area contributed by atoms with Crippen LogP contribution in [0, 0.1) is 0 Å². The first-order valence-electron chi connectivity index (χ1n) is 8.69. The number of likely N-dealkylation sites (tertiary alicyclic amines) is 1. The molecule has 2 atom stereocenters. The van der Waals surface area contributed by atoms with Gasteiger partial charge in [-0.15, -0.1) is 0 Å². The zero-order valence-electron chi connectivity index (χ0n) is 14.3. The quantitative estimate of drug-likeness (QED) is 0.567. The topological polar surface area (TPSA) is 51.1 Å². The highest BCUT2D eigenvalue weighted by Crippen LogP contribution is 2.28. The van der Waals surface area contributed by atoms with Crippen LogP contribution < -0.4 is 5.32 Å². The molecule has 0 radical (unpaired) electrons. The first-order chi connectivity index (χ1) is 10.6. The molecule has 2 unspecified atom stereocenters. The molecule has 0 amide bonds. The molecule has 0 bridgehead atoms. The third-order valence-corrected chi connectivity index (χ3v) is 5.97. The maximum absolute atomic E-state index is 10.5. The third kappa shape index (κ3) is 4.52. The van der Waals surface area contributed by atoms with E-state index in [1.165, 1.54) is 6.42 Å². The third-order valence-electron chi connectivity index (χ3n) is 4.73. The Balaban J connectivity index is 1.96. The van der Waals surface area contributed by atoms with E-state index in [0.29, 0.717) is 12.6 Å². The van der Waals surface area contributed by atoms with Gasteiger partial charge in [0.15, 0.2) is 5.96 Å². The monoisotopic (exact) mass is 328 g/mol. The molecule has 0 aliphatic carbocycles. The summed E-state index contributed by atoms with van der Waals surface area (Å²) in [4.78, 5) is 9.64. The van der Waals surface area contributed by atoms with Crippen molar-refractivity contribution >= 4 is 17.7 Å². The second-order valence-corrected chi connectivity index (χ2v) is 7.41. The summed E-state index contributed by atoms with van der Waals surface area (Å²) in [5.74, 6) is 2.84. The highest BCUT2D eigenvalue weighted by Gasteiger charge is 2.33. The van der Waals surface area contributed by atoms with Gasteiger partial charge in [0, 0.05) is 31.4 Å². The number of aliphatic imine (C=N–C) groups is 1. The first kappa shape index (κ1) is 17.9. The molecule has 2 rings (SSSR count). The number of aliphatic hydroxyl groups is 1. The van der Waals surface area contributed by atoms with Crippen molar-refractivity contribution in [2.24, 2.45) is 4.99 Å². The van der Waals surface area contributed by atoms with Crippen LogP contribution in [-0.4, -0.2) is 83.3 Å². The molecule has 2 saturated heterocycles. The highest BCUT2D eigenvalue weighted by atomic mass is 32.2. The summed E-state index contributed by atoms with van der Waals surface area (Å²) in [6.45, 7) is 12.3. The number of thioether (sulfide) groups is 1. The van der Waals surface area contributed by atoms with Gasteiger partial charge < -0.3 is 15.3 Å². The normalized spacial score (nSPS) is 29.6. The molecule has 128 valence electrons. The van der Waals surface area contributed by atoms with Gasteiger partial charge >= 0.3 is 0 Å². The number of likely N-dealkylation sites (N-methyl/N-ethyl adjacent to an activating group) is 1. The summed E-state index contributed by atoms with van der Waals surface area (Å²) >= 11 is 1.83. The second kappa shape index (κ2) is 8.41. The van der Waals surface area contributed by atoms with Gasteiger partial charge in [-0.3, -0.25) is 9.89 Å². The maximum atomic E-state index is 10.5. The standard InChI is InChI=1S/C16H32N4OS/c1-4-17-15(18-12-16(21)8-10-22-13-16)20-9-7-14(11-20)19(5-2)6-3/h14,21H,4-13H2,1-3H3,(H,17,18). The largest absolute Gasteiger partial charge is 0.387 e. The van der Waals surface area contributed by atoms with Gasteiger partial charge in [0.25, 0.3) is 0 Å². The van der Waals surface area contributed by atoms with E-state index in [4.69, 9.17) is 4.99 Å². The van der Waals surface area contributed by atoms with Crippen molar-refractivity contribution in [1.29, 1.82) is 0 Å². The number of nitrogens with one attached hydrogen (secondary N) is 1. The lowest BCUT2D eigenvalue weighted by molar-refractivity contribution is 0.0776. The molecule has 22 heavy (non-hydrogen) atoms. The molecule has 2 fully saturated rings. The van der Waals surface area contributed by atoms with E-state index in [1.54, 1.807) is 0 Å². The molecule has 2 aliphatic heterocycles. The lowest BCUT2D eigenvalue weighted by Gasteiger charge is -2.28. The van der Waals surface area contributed by atoms with Gasteiger partial charge in [0.05, 0.1) is 12.1 Å². The van der Waals surface area contributed by atoms with E-state index in [2.05, 4.69) is 35.9 Å². The fourth-order valence-electron chi connectivity index (χ4n) is 3.34. The Hall–Kier alpha value is -0.460. The van der Waals surface area contributed by atoms with Gasteiger partial charge in [-0.05, 0) is 38.6 Å². The fraction of sp³-hybridized carbons (Fsp3) is 0.938. The van der Waals surface area contributed by atoms with Gasteiger partial charge in [0.1, 0.15) is 0 Å². The molecular formula is C16H32N4OS. The SMILES string of the molecule is CCNC(=NCC1(O)CCSC1)N1CCC(N(CC)CC)C1. The molecule has 0 aromatic carbocycles. The van der Waals surface area contributed by atoms with Crippen LogP contribution in [0.1, 0.15) is 33.6 Å². The molecule has 0 aromatic heterocycles. The van der Waals surface area contributed by atoms with Crippen LogP contribution in [0.25, 0.3) is 0 Å². The van der Waals surface area contributed by atoms with Crippen molar-refractivity contribution in [3.63, 3.8) is 0 Å². The van der Waals surface area contributed by atoms with Gasteiger partial charge in [-0.1, -0.05) is 13.8 Å². The van der Waals surface area contributed by atoms with Crippen LogP contribution in [0.5, 0.6) is 0 Å². The van der Waals surface area contributed by atoms with Crippen molar-refractivity contribution < 1.29 is 5.11 Å². The molecule has 2 N–H and O–H groups in total. The first-order valence-corrected chi connectivity index (χ1v) is 9.84. The van der Waals surface area contributed by atoms with Gasteiger partial charge in [0.2, 0.25) is 0 Å². The lowest BCUT2D eigenvalue weighted by atomic mass is 10.1. The average molecular weight is 329 g/mol. The van der Waals surface area contributed by atoms with Crippen LogP contribution in [-0.2, 0) is 0 Å². The van der Waals surface area contributed by atoms with E-state index in [9.17, 15) is 5.11 Å². The summed E-state index contributed by atoms with van der Waals surface area (Å²) < 4.78 is 0. The van der Waals surface area contributed by atoms with Crippen LogP contribution in [0.4, 0.5) is 0 Å². The summed E-state index contributed by atoms with van der Waals surface area (Å²) in [7, 11) is 0. The zero-order valence-corrected chi connectivity index (χ0v) is 15.2. The average Bonchev–Trinajstić information content (AvgIpc) is 3.15. The van der Waals surface area contributed by atoms with E-state index in [0.717, 1.165) is 56.6 Å². The number of hydrogen-bond acceptors (Lipinski definition) is 4. The Morgan fingerprint density at radius 1 is 1.41 bits per heavy atom. The second-order valence-electron chi connectivity index (χ2n) is 6.31. The van der Waals surface area contributed by atoms with Crippen molar-refractivity contribution in [3.8, 4) is 0 Å². The van der Waals surface area contributed by atoms with Gasteiger partial charge in [-0.2, -0.15) is 11.8 Å². The predicted molar refractivity (Wildman–Crippen MR) is 95.8 cm³/mol. The number of guanidine groups is 1. The van der Waals surface area contributed by atoms with Crippen LogP contribution in [0.15, 0.2) is 4.99 Å². The Bertz CT molecular complexity index is 367. The Labute approximate surface area is 139 Å². The summed E-state index contributed by atoms with van der Waals surface area (Å²) in [6, 6.07) is 0.629. The van der Waals surface area contributed by atoms with Crippen LogP contribution in [0.2, 0.25) is 0 Å². The summed E-state index contributed by atoms with van der Waals surface area (Å²) in [5.41, 5.74) is -0.594. The Morgan fingerprint density at radius 3 is 2.77 bits per heavy atom. The minimum Gasteiger partial charge on any atom is -0.387 e. The van der Waals surface area contributed by atoms with Crippen molar-refractivity contribution in [3.05, 3.63) is 0 Å². The number of hydrogen-bond donors (Lipinski definition) is 2. The maximum Gasteiger partial charge on any atom is 0.194 e. The molecule has 0 saturated carbocycles. The molecule has 0 aromatic rings. The summed E-state index contributed by atoms with van der Waals surface area (Å²) in [6.07, 6.45) is 2.06. The lowest BCUT2D eigenvalue weighted by Crippen LogP contribution is -2.44. The van der Waals surface area contributed by atoms with Crippen LogP contribution >= 0.6 is 11.8 Å². The van der Waals surface area contributed by atoms with E-state index in [1.807, 2.05) is 11.8 Å². The molecule has 0 spiro atoms. The number of rotatable bonds is 6. The Kier molecular flexibility index (Phi) is 6.84. The minimum absolute atomic E-state index is 0.523.